The minimum atomic E-state index is 0.586. The van der Waals surface area contributed by atoms with Gasteiger partial charge in [0.1, 0.15) is 5.75 Å². The number of halogens is 1. The van der Waals surface area contributed by atoms with Crippen molar-refractivity contribution in [2.24, 2.45) is 0 Å². The second kappa shape index (κ2) is 6.65. The number of rotatable bonds is 5. The monoisotopic (exact) mass is 385 g/mol. The van der Waals surface area contributed by atoms with Gasteiger partial charge < -0.3 is 4.74 Å². The number of ether oxygens (including phenoxy) is 1. The van der Waals surface area contributed by atoms with Crippen LogP contribution in [0.15, 0.2) is 24.3 Å². The number of benzene rings is 1. The Morgan fingerprint density at radius 3 is 2.50 bits per heavy atom. The molecule has 0 unspecified atom stereocenters. The van der Waals surface area contributed by atoms with Crippen molar-refractivity contribution in [1.82, 2.24) is 4.90 Å². The molecule has 3 heteroatoms. The van der Waals surface area contributed by atoms with Crippen LogP contribution in [0.2, 0.25) is 0 Å². The molecule has 0 radical (unpaired) electrons. The quantitative estimate of drug-likeness (QED) is 0.548. The van der Waals surface area contributed by atoms with E-state index in [1.165, 1.54) is 55.2 Å². The van der Waals surface area contributed by atoms with E-state index in [-0.39, 0.29) is 0 Å². The normalized spacial score (nSPS) is 21.6. The van der Waals surface area contributed by atoms with E-state index >= 15 is 0 Å². The second-order valence-corrected chi connectivity index (χ2v) is 7.42. The van der Waals surface area contributed by atoms with E-state index in [0.29, 0.717) is 5.54 Å². The van der Waals surface area contributed by atoms with Crippen LogP contribution in [0.1, 0.15) is 44.9 Å². The van der Waals surface area contributed by atoms with Gasteiger partial charge >= 0.3 is 0 Å². The zero-order chi connectivity index (χ0) is 13.8. The first-order chi connectivity index (χ1) is 9.78. The Hall–Kier alpha value is -0.290. The molecule has 1 aliphatic heterocycles. The fraction of sp³-hybridized carbons (Fsp3) is 0.647. The maximum absolute atomic E-state index is 5.84. The molecule has 1 aromatic carbocycles. The lowest BCUT2D eigenvalue weighted by atomic mass is 9.94. The molecular formula is C17H24INO. The lowest BCUT2D eigenvalue weighted by molar-refractivity contribution is 0.133. The van der Waals surface area contributed by atoms with Crippen LogP contribution in [0.5, 0.6) is 5.75 Å². The summed E-state index contributed by atoms with van der Waals surface area (Å²) in [4.78, 5) is 2.76. The zero-order valence-electron chi connectivity index (χ0n) is 12.1. The predicted molar refractivity (Wildman–Crippen MR) is 91.3 cm³/mol. The number of hydrogen-bond donors (Lipinski definition) is 0. The maximum Gasteiger partial charge on any atom is 0.119 e. The summed E-state index contributed by atoms with van der Waals surface area (Å²) < 4.78 is 7.10. The summed E-state index contributed by atoms with van der Waals surface area (Å²) in [5.41, 5.74) is 0.586. The van der Waals surface area contributed by atoms with Crippen LogP contribution < -0.4 is 4.74 Å². The fourth-order valence-electron chi connectivity index (χ4n) is 3.92. The third-order valence-electron chi connectivity index (χ3n) is 4.93. The molecule has 2 fully saturated rings. The minimum Gasteiger partial charge on any atom is -0.494 e. The average Bonchev–Trinajstić information content (AvgIpc) is 3.08. The highest BCUT2D eigenvalue weighted by molar-refractivity contribution is 14.1. The summed E-state index contributed by atoms with van der Waals surface area (Å²) in [5, 5.41) is 0. The molecule has 1 spiro atoms. The molecule has 2 nitrogen and oxygen atoms in total. The lowest BCUT2D eigenvalue weighted by Crippen LogP contribution is -2.42. The molecule has 1 heterocycles. The highest BCUT2D eigenvalue weighted by Gasteiger charge is 2.42. The SMILES string of the molecule is Ic1ccc(OCCCN2CCCC23CCCC3)cc1. The molecular weight excluding hydrogens is 361 g/mol. The molecule has 0 bridgehead atoms. The van der Waals surface area contributed by atoms with Crippen LogP contribution in [0.3, 0.4) is 0 Å². The van der Waals surface area contributed by atoms with E-state index in [9.17, 15) is 0 Å². The standard InChI is InChI=1S/C17H24INO/c18-15-5-7-16(8-6-15)20-14-4-13-19-12-3-11-17(19)9-1-2-10-17/h5-8H,1-4,9-14H2. The van der Waals surface area contributed by atoms with Crippen molar-refractivity contribution in [2.45, 2.75) is 50.5 Å². The van der Waals surface area contributed by atoms with Crippen molar-refractivity contribution in [3.8, 4) is 5.75 Å². The third kappa shape index (κ3) is 3.30. The Morgan fingerprint density at radius 2 is 1.75 bits per heavy atom. The highest BCUT2D eigenvalue weighted by Crippen LogP contribution is 2.42. The molecule has 1 saturated heterocycles. The van der Waals surface area contributed by atoms with E-state index in [0.717, 1.165) is 18.8 Å². The largest absolute Gasteiger partial charge is 0.494 e. The van der Waals surface area contributed by atoms with Crippen molar-refractivity contribution >= 4 is 22.6 Å². The van der Waals surface area contributed by atoms with E-state index in [4.69, 9.17) is 4.74 Å². The molecule has 110 valence electrons. The Bertz CT molecular complexity index is 420. The van der Waals surface area contributed by atoms with Gasteiger partial charge in [0.2, 0.25) is 0 Å². The molecule has 0 aromatic heterocycles. The van der Waals surface area contributed by atoms with Crippen LogP contribution in [0.4, 0.5) is 0 Å². The Kier molecular flexibility index (Phi) is 4.87. The molecule has 0 amide bonds. The molecule has 3 rings (SSSR count). The average molecular weight is 385 g/mol. The summed E-state index contributed by atoms with van der Waals surface area (Å²) in [6, 6.07) is 8.33. The Morgan fingerprint density at radius 1 is 1.05 bits per heavy atom. The Labute approximate surface area is 136 Å². The summed E-state index contributed by atoms with van der Waals surface area (Å²) in [6.07, 6.45) is 9.73. The van der Waals surface area contributed by atoms with Gasteiger partial charge in [-0.15, -0.1) is 0 Å². The van der Waals surface area contributed by atoms with Crippen molar-refractivity contribution in [2.75, 3.05) is 19.7 Å². The van der Waals surface area contributed by atoms with Gasteiger partial charge in [-0.25, -0.2) is 0 Å². The van der Waals surface area contributed by atoms with Crippen LogP contribution in [-0.2, 0) is 0 Å². The van der Waals surface area contributed by atoms with Gasteiger partial charge in [0.15, 0.2) is 0 Å². The first-order valence-corrected chi connectivity index (χ1v) is 9.00. The molecule has 1 aromatic rings. The van der Waals surface area contributed by atoms with E-state index in [1.54, 1.807) is 0 Å². The van der Waals surface area contributed by atoms with E-state index < -0.39 is 0 Å². The summed E-state index contributed by atoms with van der Waals surface area (Å²) in [7, 11) is 0. The van der Waals surface area contributed by atoms with Crippen LogP contribution in [0, 0.1) is 3.57 Å². The van der Waals surface area contributed by atoms with Crippen LogP contribution >= 0.6 is 22.6 Å². The Balaban J connectivity index is 1.42. The second-order valence-electron chi connectivity index (χ2n) is 6.18. The van der Waals surface area contributed by atoms with Gasteiger partial charge in [0, 0.05) is 15.7 Å². The molecule has 0 N–H and O–H groups in total. The lowest BCUT2D eigenvalue weighted by Gasteiger charge is -2.35. The van der Waals surface area contributed by atoms with Crippen LogP contribution in [-0.4, -0.2) is 30.1 Å². The van der Waals surface area contributed by atoms with Crippen molar-refractivity contribution in [3.63, 3.8) is 0 Å². The van der Waals surface area contributed by atoms with Crippen LogP contribution in [0.25, 0.3) is 0 Å². The third-order valence-corrected chi connectivity index (χ3v) is 5.65. The molecule has 1 aliphatic carbocycles. The summed E-state index contributed by atoms with van der Waals surface area (Å²) in [6.45, 7) is 3.36. The fourth-order valence-corrected chi connectivity index (χ4v) is 4.28. The summed E-state index contributed by atoms with van der Waals surface area (Å²) in [5.74, 6) is 1.00. The van der Waals surface area contributed by atoms with Crippen molar-refractivity contribution < 1.29 is 4.74 Å². The van der Waals surface area contributed by atoms with Gasteiger partial charge in [-0.1, -0.05) is 12.8 Å². The van der Waals surface area contributed by atoms with Gasteiger partial charge in [0.05, 0.1) is 6.61 Å². The van der Waals surface area contributed by atoms with Crippen molar-refractivity contribution in [3.05, 3.63) is 27.8 Å². The topological polar surface area (TPSA) is 12.5 Å². The first kappa shape index (κ1) is 14.6. The number of nitrogens with zero attached hydrogens (tertiary/aromatic N) is 1. The predicted octanol–water partition coefficient (Wildman–Crippen LogP) is 4.47. The molecule has 20 heavy (non-hydrogen) atoms. The first-order valence-electron chi connectivity index (χ1n) is 7.92. The van der Waals surface area contributed by atoms with E-state index in [2.05, 4.69) is 51.8 Å². The molecule has 2 aliphatic rings. The zero-order valence-corrected chi connectivity index (χ0v) is 14.3. The van der Waals surface area contributed by atoms with Gasteiger partial charge in [-0.05, 0) is 85.5 Å². The number of likely N-dealkylation sites (tertiary alicyclic amines) is 1. The summed E-state index contributed by atoms with van der Waals surface area (Å²) >= 11 is 2.32. The minimum absolute atomic E-state index is 0.586. The van der Waals surface area contributed by atoms with E-state index in [1.807, 2.05) is 0 Å². The highest BCUT2D eigenvalue weighted by atomic mass is 127. The molecule has 0 atom stereocenters. The van der Waals surface area contributed by atoms with Crippen molar-refractivity contribution in [1.29, 1.82) is 0 Å². The smallest absolute Gasteiger partial charge is 0.119 e. The molecule has 1 saturated carbocycles. The van der Waals surface area contributed by atoms with Gasteiger partial charge in [-0.3, -0.25) is 4.90 Å². The van der Waals surface area contributed by atoms with Gasteiger partial charge in [0.25, 0.3) is 0 Å². The number of hydrogen-bond acceptors (Lipinski definition) is 2. The van der Waals surface area contributed by atoms with Gasteiger partial charge in [-0.2, -0.15) is 0 Å². The maximum atomic E-state index is 5.84.